The van der Waals surface area contributed by atoms with Crippen LogP contribution in [-0.2, 0) is 18.4 Å². The van der Waals surface area contributed by atoms with Crippen molar-refractivity contribution >= 4 is 5.95 Å². The Morgan fingerprint density at radius 2 is 2.12 bits per heavy atom. The topological polar surface area (TPSA) is 78.0 Å². The van der Waals surface area contributed by atoms with E-state index in [0.29, 0.717) is 5.95 Å². The predicted octanol–water partition coefficient (Wildman–Crippen LogP) is 1.41. The summed E-state index contributed by atoms with van der Waals surface area (Å²) in [4.78, 5) is 33.5. The van der Waals surface area contributed by atoms with Crippen LogP contribution in [0.1, 0.15) is 41.9 Å². The number of hydrogen-bond donors (Lipinski definition) is 1. The smallest absolute Gasteiger partial charge is 0.255 e. The number of nitrogens with one attached hydrogen (secondary N) is 1. The molecule has 1 unspecified atom stereocenters. The Labute approximate surface area is 153 Å². The third-order valence-corrected chi connectivity index (χ3v) is 5.66. The molecule has 1 saturated heterocycles. The van der Waals surface area contributed by atoms with Gasteiger partial charge < -0.3 is 4.90 Å². The molecule has 3 heterocycles. The summed E-state index contributed by atoms with van der Waals surface area (Å²) in [5, 5.41) is 0. The molecule has 26 heavy (non-hydrogen) atoms. The van der Waals surface area contributed by atoms with Gasteiger partial charge in [-0.2, -0.15) is 0 Å². The molecule has 4 rings (SSSR count). The summed E-state index contributed by atoms with van der Waals surface area (Å²) >= 11 is 0. The maximum atomic E-state index is 12.5. The van der Waals surface area contributed by atoms with E-state index in [1.165, 1.54) is 0 Å². The molecule has 0 amide bonds. The molecule has 2 aromatic rings. The van der Waals surface area contributed by atoms with E-state index in [2.05, 4.69) is 19.9 Å². The number of anilines is 1. The zero-order valence-corrected chi connectivity index (χ0v) is 15.7. The molecule has 1 aliphatic heterocycles. The minimum Gasteiger partial charge on any atom is -0.348 e. The molecule has 1 aliphatic carbocycles. The molecule has 1 atom stereocenters. The van der Waals surface area contributed by atoms with Gasteiger partial charge in [0.1, 0.15) is 0 Å². The fourth-order valence-electron chi connectivity index (χ4n) is 4.34. The molecule has 1 spiro atoms. The zero-order valence-electron chi connectivity index (χ0n) is 15.7. The number of fused-ring (bicyclic) bond motifs is 2. The second-order valence-corrected chi connectivity index (χ2v) is 7.85. The fraction of sp³-hybridized carbons (Fsp3) is 0.579. The number of aryl methyl sites for hydroxylation is 1. The number of likely N-dealkylation sites (tertiary alicyclic amines) is 1. The van der Waals surface area contributed by atoms with Gasteiger partial charge in [0, 0.05) is 50.6 Å². The lowest BCUT2D eigenvalue weighted by atomic mass is 9.77. The van der Waals surface area contributed by atoms with Crippen molar-refractivity contribution < 1.29 is 0 Å². The van der Waals surface area contributed by atoms with Gasteiger partial charge in [-0.05, 0) is 39.2 Å². The number of hydrogen-bond acceptors (Lipinski definition) is 6. The number of rotatable bonds is 3. The molecule has 2 aliphatic rings. The van der Waals surface area contributed by atoms with Gasteiger partial charge in [-0.3, -0.25) is 24.6 Å². The Morgan fingerprint density at radius 1 is 1.27 bits per heavy atom. The maximum Gasteiger partial charge on any atom is 0.255 e. The minimum atomic E-state index is -0.00920. The Hall–Kier alpha value is -2.28. The van der Waals surface area contributed by atoms with Crippen LogP contribution in [0.4, 0.5) is 5.95 Å². The van der Waals surface area contributed by atoms with Crippen LogP contribution in [0.2, 0.25) is 0 Å². The summed E-state index contributed by atoms with van der Waals surface area (Å²) in [7, 11) is 3.82. The summed E-state index contributed by atoms with van der Waals surface area (Å²) in [5.74, 6) is 0.650. The largest absolute Gasteiger partial charge is 0.348 e. The van der Waals surface area contributed by atoms with Crippen LogP contribution >= 0.6 is 0 Å². The van der Waals surface area contributed by atoms with E-state index >= 15 is 0 Å². The monoisotopic (exact) mass is 354 g/mol. The van der Waals surface area contributed by atoms with Crippen molar-refractivity contribution in [2.24, 2.45) is 0 Å². The molecule has 2 aromatic heterocycles. The highest BCUT2D eigenvalue weighted by Crippen LogP contribution is 2.43. The SMILES string of the molecule is Cc1cnc(CN2CCCC3(CCc4c3nc(N(C)C)[nH]c4=O)C2)cn1. The van der Waals surface area contributed by atoms with Crippen molar-refractivity contribution in [3.05, 3.63) is 45.4 Å². The molecule has 0 radical (unpaired) electrons. The Morgan fingerprint density at radius 3 is 2.85 bits per heavy atom. The predicted molar refractivity (Wildman–Crippen MR) is 100 cm³/mol. The molecule has 7 nitrogen and oxygen atoms in total. The quantitative estimate of drug-likeness (QED) is 0.898. The van der Waals surface area contributed by atoms with Crippen LogP contribution in [0, 0.1) is 6.92 Å². The van der Waals surface area contributed by atoms with Crippen molar-refractivity contribution in [2.45, 2.75) is 44.6 Å². The summed E-state index contributed by atoms with van der Waals surface area (Å²) < 4.78 is 0. The van der Waals surface area contributed by atoms with Gasteiger partial charge in [0.05, 0.1) is 17.1 Å². The Balaban J connectivity index is 1.62. The van der Waals surface area contributed by atoms with E-state index in [-0.39, 0.29) is 11.0 Å². The van der Waals surface area contributed by atoms with Crippen LogP contribution < -0.4 is 10.5 Å². The van der Waals surface area contributed by atoms with Crippen LogP contribution in [0.3, 0.4) is 0 Å². The molecule has 138 valence electrons. The normalized spacial score (nSPS) is 22.6. The van der Waals surface area contributed by atoms with Gasteiger partial charge in [0.2, 0.25) is 5.95 Å². The minimum absolute atomic E-state index is 0.00920. The summed E-state index contributed by atoms with van der Waals surface area (Å²) in [6.45, 7) is 4.73. The first-order chi connectivity index (χ1) is 12.5. The third-order valence-electron chi connectivity index (χ3n) is 5.66. The lowest BCUT2D eigenvalue weighted by Crippen LogP contribution is -2.45. The molecular weight excluding hydrogens is 328 g/mol. The van der Waals surface area contributed by atoms with Crippen molar-refractivity contribution in [2.75, 3.05) is 32.1 Å². The molecule has 1 N–H and O–H groups in total. The van der Waals surface area contributed by atoms with Crippen molar-refractivity contribution in [3.63, 3.8) is 0 Å². The molecule has 1 fully saturated rings. The summed E-state index contributed by atoms with van der Waals surface area (Å²) in [6.07, 6.45) is 7.73. The van der Waals surface area contributed by atoms with Crippen LogP contribution in [0.25, 0.3) is 0 Å². The highest BCUT2D eigenvalue weighted by Gasteiger charge is 2.44. The number of aromatic nitrogens is 4. The second kappa shape index (κ2) is 6.46. The highest BCUT2D eigenvalue weighted by atomic mass is 16.1. The number of piperidine rings is 1. The van der Waals surface area contributed by atoms with E-state index in [9.17, 15) is 4.79 Å². The average molecular weight is 354 g/mol. The van der Waals surface area contributed by atoms with E-state index in [4.69, 9.17) is 4.98 Å². The number of nitrogens with zero attached hydrogens (tertiary/aromatic N) is 5. The molecule has 0 saturated carbocycles. The van der Waals surface area contributed by atoms with E-state index in [1.54, 1.807) is 0 Å². The standard InChI is InChI=1S/C19H26N6O/c1-13-9-21-14(10-20-13)11-25-8-4-6-19(12-25)7-5-15-16(19)22-18(24(2)3)23-17(15)26/h9-10H,4-8,11-12H2,1-3H3,(H,22,23,26). The number of H-pyrrole nitrogens is 1. The average Bonchev–Trinajstić information content (AvgIpc) is 2.96. The van der Waals surface area contributed by atoms with E-state index in [0.717, 1.165) is 68.0 Å². The fourth-order valence-corrected chi connectivity index (χ4v) is 4.34. The van der Waals surface area contributed by atoms with Crippen LogP contribution in [0.15, 0.2) is 17.2 Å². The van der Waals surface area contributed by atoms with Gasteiger partial charge in [-0.15, -0.1) is 0 Å². The Kier molecular flexibility index (Phi) is 4.26. The van der Waals surface area contributed by atoms with E-state index < -0.39 is 0 Å². The Bertz CT molecular complexity index is 859. The molecule has 0 bridgehead atoms. The first-order valence-corrected chi connectivity index (χ1v) is 9.28. The number of aromatic amines is 1. The first kappa shape index (κ1) is 17.1. The second-order valence-electron chi connectivity index (χ2n) is 7.85. The molecular formula is C19H26N6O. The van der Waals surface area contributed by atoms with Crippen molar-refractivity contribution in [1.82, 2.24) is 24.8 Å². The lowest BCUT2D eigenvalue weighted by molar-refractivity contribution is 0.135. The maximum absolute atomic E-state index is 12.5. The first-order valence-electron chi connectivity index (χ1n) is 9.28. The van der Waals surface area contributed by atoms with Crippen molar-refractivity contribution in [1.29, 1.82) is 0 Å². The van der Waals surface area contributed by atoms with Gasteiger partial charge in [-0.1, -0.05) is 0 Å². The molecule has 7 heteroatoms. The molecule has 0 aromatic carbocycles. The van der Waals surface area contributed by atoms with Crippen LogP contribution in [0.5, 0.6) is 0 Å². The van der Waals surface area contributed by atoms with Gasteiger partial charge in [0.15, 0.2) is 0 Å². The lowest BCUT2D eigenvalue weighted by Gasteiger charge is -2.40. The van der Waals surface area contributed by atoms with Gasteiger partial charge >= 0.3 is 0 Å². The highest BCUT2D eigenvalue weighted by molar-refractivity contribution is 5.39. The summed E-state index contributed by atoms with van der Waals surface area (Å²) in [6, 6.07) is 0. The van der Waals surface area contributed by atoms with Gasteiger partial charge in [0.25, 0.3) is 5.56 Å². The zero-order chi connectivity index (χ0) is 18.3. The van der Waals surface area contributed by atoms with Crippen LogP contribution in [-0.4, -0.2) is 52.0 Å². The van der Waals surface area contributed by atoms with Gasteiger partial charge in [-0.25, -0.2) is 4.98 Å². The third kappa shape index (κ3) is 3.00. The van der Waals surface area contributed by atoms with E-state index in [1.807, 2.05) is 38.3 Å². The summed E-state index contributed by atoms with van der Waals surface area (Å²) in [5.41, 5.74) is 3.85. The van der Waals surface area contributed by atoms with Crippen molar-refractivity contribution in [3.8, 4) is 0 Å².